The molecule has 0 aliphatic carbocycles. The van der Waals surface area contributed by atoms with Gasteiger partial charge in [-0.25, -0.2) is 4.39 Å². The van der Waals surface area contributed by atoms with Crippen LogP contribution >= 0.6 is 0 Å². The average Bonchev–Trinajstić information content (AvgIpc) is 2.64. The van der Waals surface area contributed by atoms with Gasteiger partial charge in [0.2, 0.25) is 0 Å². The van der Waals surface area contributed by atoms with Crippen molar-refractivity contribution in [3.8, 4) is 11.3 Å². The van der Waals surface area contributed by atoms with Crippen LogP contribution in [0.4, 0.5) is 4.39 Å². The topological polar surface area (TPSA) is 47.8 Å². The summed E-state index contributed by atoms with van der Waals surface area (Å²) in [5.41, 5.74) is 0.905. The molecule has 0 radical (unpaired) electrons. The van der Waals surface area contributed by atoms with E-state index >= 15 is 0 Å². The summed E-state index contributed by atoms with van der Waals surface area (Å²) in [7, 11) is 1.74. The minimum atomic E-state index is -0.571. The number of aldehydes is 1. The van der Waals surface area contributed by atoms with Crippen molar-refractivity contribution in [3.63, 3.8) is 0 Å². The first kappa shape index (κ1) is 9.51. The van der Waals surface area contributed by atoms with Gasteiger partial charge in [0.15, 0.2) is 6.29 Å². The van der Waals surface area contributed by atoms with E-state index in [9.17, 15) is 9.18 Å². The van der Waals surface area contributed by atoms with Crippen molar-refractivity contribution in [2.75, 3.05) is 0 Å². The van der Waals surface area contributed by atoms with Crippen molar-refractivity contribution in [2.24, 2.45) is 7.05 Å². The van der Waals surface area contributed by atoms with Crippen LogP contribution in [0.3, 0.4) is 0 Å². The summed E-state index contributed by atoms with van der Waals surface area (Å²) in [5.74, 6) is -0.571. The van der Waals surface area contributed by atoms with Crippen molar-refractivity contribution >= 4 is 6.29 Å². The van der Waals surface area contributed by atoms with Crippen LogP contribution in [0.25, 0.3) is 11.3 Å². The van der Waals surface area contributed by atoms with E-state index in [1.165, 1.54) is 12.4 Å². The van der Waals surface area contributed by atoms with Crippen molar-refractivity contribution in [1.82, 2.24) is 14.8 Å². The molecule has 0 atom stereocenters. The van der Waals surface area contributed by atoms with E-state index in [2.05, 4.69) is 10.1 Å². The normalized spacial score (nSPS) is 10.3. The predicted molar refractivity (Wildman–Crippen MR) is 51.8 cm³/mol. The van der Waals surface area contributed by atoms with Crippen LogP contribution in [0.15, 0.2) is 24.7 Å². The molecule has 2 aromatic heterocycles. The first-order valence-corrected chi connectivity index (χ1v) is 4.31. The zero-order valence-corrected chi connectivity index (χ0v) is 8.01. The Labute approximate surface area is 85.4 Å². The Balaban J connectivity index is 2.62. The van der Waals surface area contributed by atoms with E-state index in [4.69, 9.17) is 0 Å². The minimum absolute atomic E-state index is 0.0366. The first-order chi connectivity index (χ1) is 7.22. The van der Waals surface area contributed by atoms with E-state index in [-0.39, 0.29) is 5.56 Å². The van der Waals surface area contributed by atoms with Gasteiger partial charge in [-0.05, 0) is 6.07 Å². The summed E-state index contributed by atoms with van der Waals surface area (Å²) in [4.78, 5) is 14.7. The van der Waals surface area contributed by atoms with Crippen molar-refractivity contribution in [2.45, 2.75) is 0 Å². The quantitative estimate of drug-likeness (QED) is 0.697. The molecule has 5 heteroatoms. The van der Waals surface area contributed by atoms with Crippen LogP contribution in [0, 0.1) is 5.82 Å². The number of halogens is 1. The van der Waals surface area contributed by atoms with Crippen LogP contribution in [-0.2, 0) is 7.05 Å². The molecule has 2 aromatic rings. The van der Waals surface area contributed by atoms with Gasteiger partial charge in [0.25, 0.3) is 0 Å². The summed E-state index contributed by atoms with van der Waals surface area (Å²) in [6.07, 6.45) is 5.00. The van der Waals surface area contributed by atoms with Crippen LogP contribution in [0.5, 0.6) is 0 Å². The van der Waals surface area contributed by atoms with E-state index in [0.717, 1.165) is 6.07 Å². The molecule has 0 unspecified atom stereocenters. The van der Waals surface area contributed by atoms with Gasteiger partial charge in [-0.2, -0.15) is 5.10 Å². The van der Waals surface area contributed by atoms with Gasteiger partial charge in [0.05, 0.1) is 17.5 Å². The van der Waals surface area contributed by atoms with Gasteiger partial charge in [-0.15, -0.1) is 0 Å². The highest BCUT2D eigenvalue weighted by Gasteiger charge is 2.11. The van der Waals surface area contributed by atoms with Gasteiger partial charge in [-0.3, -0.25) is 14.5 Å². The van der Waals surface area contributed by atoms with Crippen molar-refractivity contribution in [1.29, 1.82) is 0 Å². The Morgan fingerprint density at radius 1 is 1.53 bits per heavy atom. The third-order valence-electron chi connectivity index (χ3n) is 2.03. The predicted octanol–water partition coefficient (Wildman–Crippen LogP) is 1.43. The number of carbonyl (C=O) groups excluding carboxylic acids is 1. The zero-order valence-electron chi connectivity index (χ0n) is 8.01. The molecule has 2 rings (SSSR count). The molecule has 0 aliphatic heterocycles. The van der Waals surface area contributed by atoms with E-state index in [1.807, 2.05) is 0 Å². The average molecular weight is 205 g/mol. The fraction of sp³-hybridized carbons (Fsp3) is 0.100. The monoisotopic (exact) mass is 205 g/mol. The van der Waals surface area contributed by atoms with Gasteiger partial charge < -0.3 is 0 Å². The molecule has 0 amide bonds. The lowest BCUT2D eigenvalue weighted by Gasteiger charge is -2.00. The summed E-state index contributed by atoms with van der Waals surface area (Å²) < 4.78 is 14.8. The highest BCUT2D eigenvalue weighted by Crippen LogP contribution is 2.20. The number of carbonyl (C=O) groups is 1. The molecule has 0 spiro atoms. The number of rotatable bonds is 2. The molecular weight excluding hydrogens is 197 g/mol. The largest absolute Gasteiger partial charge is 0.298 e. The van der Waals surface area contributed by atoms with E-state index in [0.29, 0.717) is 17.5 Å². The van der Waals surface area contributed by atoms with Crippen molar-refractivity contribution < 1.29 is 9.18 Å². The third kappa shape index (κ3) is 1.63. The SMILES string of the molecule is Cn1cc(-c2nccc(F)c2C=O)cn1. The molecular formula is C10H8FN3O. The maximum absolute atomic E-state index is 13.2. The molecule has 15 heavy (non-hydrogen) atoms. The Morgan fingerprint density at radius 3 is 2.93 bits per heavy atom. The molecule has 0 aliphatic rings. The maximum atomic E-state index is 13.2. The fourth-order valence-electron chi connectivity index (χ4n) is 1.34. The summed E-state index contributed by atoms with van der Waals surface area (Å²) >= 11 is 0. The second-order valence-corrected chi connectivity index (χ2v) is 3.08. The van der Waals surface area contributed by atoms with Crippen LogP contribution in [0.2, 0.25) is 0 Å². The smallest absolute Gasteiger partial charge is 0.155 e. The van der Waals surface area contributed by atoms with Gasteiger partial charge >= 0.3 is 0 Å². The first-order valence-electron chi connectivity index (χ1n) is 4.31. The minimum Gasteiger partial charge on any atom is -0.298 e. The molecule has 0 N–H and O–H groups in total. The Kier molecular flexibility index (Phi) is 2.29. The number of nitrogens with zero attached hydrogens (tertiary/aromatic N) is 3. The molecule has 0 fully saturated rings. The summed E-state index contributed by atoms with van der Waals surface area (Å²) in [6, 6.07) is 1.16. The number of aryl methyl sites for hydroxylation is 1. The molecule has 0 bridgehead atoms. The molecule has 4 nitrogen and oxygen atoms in total. The Bertz CT molecular complexity index is 507. The van der Waals surface area contributed by atoms with Gasteiger partial charge in [-0.1, -0.05) is 0 Å². The van der Waals surface area contributed by atoms with Gasteiger partial charge in [0, 0.05) is 25.0 Å². The molecule has 0 aromatic carbocycles. The van der Waals surface area contributed by atoms with Crippen LogP contribution < -0.4 is 0 Å². The fourth-order valence-corrected chi connectivity index (χ4v) is 1.34. The zero-order chi connectivity index (χ0) is 10.8. The molecule has 0 saturated carbocycles. The number of aromatic nitrogens is 3. The second kappa shape index (κ2) is 3.61. The maximum Gasteiger partial charge on any atom is 0.155 e. The molecule has 0 saturated heterocycles. The molecule has 76 valence electrons. The lowest BCUT2D eigenvalue weighted by atomic mass is 10.1. The van der Waals surface area contributed by atoms with Gasteiger partial charge in [0.1, 0.15) is 5.82 Å². The summed E-state index contributed by atoms with van der Waals surface area (Å²) in [5, 5.41) is 3.94. The third-order valence-corrected chi connectivity index (χ3v) is 2.03. The van der Waals surface area contributed by atoms with Crippen molar-refractivity contribution in [3.05, 3.63) is 36.0 Å². The number of hydrogen-bond donors (Lipinski definition) is 0. The highest BCUT2D eigenvalue weighted by atomic mass is 19.1. The summed E-state index contributed by atoms with van der Waals surface area (Å²) in [6.45, 7) is 0. The van der Waals surface area contributed by atoms with Crippen LogP contribution in [-0.4, -0.2) is 21.1 Å². The Morgan fingerprint density at radius 2 is 2.33 bits per heavy atom. The highest BCUT2D eigenvalue weighted by molar-refractivity contribution is 5.85. The lowest BCUT2D eigenvalue weighted by molar-refractivity contribution is 0.112. The van der Waals surface area contributed by atoms with E-state index in [1.54, 1.807) is 17.9 Å². The lowest BCUT2D eigenvalue weighted by Crippen LogP contribution is -1.95. The van der Waals surface area contributed by atoms with E-state index < -0.39 is 5.82 Å². The van der Waals surface area contributed by atoms with Crippen LogP contribution in [0.1, 0.15) is 10.4 Å². The molecule has 2 heterocycles. The number of hydrogen-bond acceptors (Lipinski definition) is 3. The standard InChI is InChI=1S/C10H8FN3O/c1-14-5-7(4-13-14)10-8(6-15)9(11)2-3-12-10/h2-6H,1H3. The second-order valence-electron chi connectivity index (χ2n) is 3.08. The Hall–Kier alpha value is -2.04. The number of pyridine rings is 1.